The van der Waals surface area contributed by atoms with Gasteiger partial charge in [0, 0.05) is 6.54 Å². The fourth-order valence-electron chi connectivity index (χ4n) is 0.653. The third-order valence-electron chi connectivity index (χ3n) is 1.10. The first-order chi connectivity index (χ1) is 6.52. The summed E-state index contributed by atoms with van der Waals surface area (Å²) >= 11 is 0. The molecule has 0 aromatic rings. The summed E-state index contributed by atoms with van der Waals surface area (Å²) in [5.41, 5.74) is 0. The first-order valence-electron chi connectivity index (χ1n) is 4.32. The van der Waals surface area contributed by atoms with Gasteiger partial charge in [0.1, 0.15) is 6.61 Å². The lowest BCUT2D eigenvalue weighted by atomic mass is 10.5. The lowest BCUT2D eigenvalue weighted by Gasteiger charge is -2.09. The average molecular weight is 211 g/mol. The van der Waals surface area contributed by atoms with Crippen LogP contribution in [-0.2, 0) is 9.47 Å². The maximum atomic E-state index is 11.6. The fourth-order valence-corrected chi connectivity index (χ4v) is 0.653. The molecule has 0 atom stereocenters. The number of carbonyl (C=O) groups excluding carboxylic acids is 1. The monoisotopic (exact) mass is 211 g/mol. The van der Waals surface area contributed by atoms with Gasteiger partial charge in [-0.05, 0) is 13.8 Å². The zero-order chi connectivity index (χ0) is 11.0. The van der Waals surface area contributed by atoms with Crippen molar-refractivity contribution in [3.63, 3.8) is 0 Å². The Morgan fingerprint density at radius 1 is 1.43 bits per heavy atom. The van der Waals surface area contributed by atoms with Crippen LogP contribution in [0.5, 0.6) is 0 Å². The number of rotatable bonds is 6. The Morgan fingerprint density at radius 2 is 2.07 bits per heavy atom. The zero-order valence-corrected chi connectivity index (χ0v) is 8.26. The van der Waals surface area contributed by atoms with Crippen molar-refractivity contribution < 1.29 is 23.0 Å². The molecule has 1 N–H and O–H groups in total. The number of amides is 1. The van der Waals surface area contributed by atoms with Crippen molar-refractivity contribution in [3.8, 4) is 0 Å². The van der Waals surface area contributed by atoms with E-state index in [4.69, 9.17) is 4.74 Å². The normalized spacial score (nSPS) is 10.7. The van der Waals surface area contributed by atoms with E-state index in [1.165, 1.54) is 0 Å². The van der Waals surface area contributed by atoms with Gasteiger partial charge in [-0.2, -0.15) is 0 Å². The summed E-state index contributed by atoms with van der Waals surface area (Å²) in [6.07, 6.45) is -3.24. The van der Waals surface area contributed by atoms with Crippen LogP contribution in [0, 0.1) is 0 Å². The summed E-state index contributed by atoms with van der Waals surface area (Å²) in [6, 6.07) is 0. The van der Waals surface area contributed by atoms with Crippen LogP contribution >= 0.6 is 0 Å². The van der Waals surface area contributed by atoms with Gasteiger partial charge in [0.05, 0.1) is 12.7 Å². The minimum Gasteiger partial charge on any atom is -0.447 e. The molecule has 0 aromatic heterocycles. The number of hydrogen-bond acceptors (Lipinski definition) is 3. The minimum absolute atomic E-state index is 0.0531. The largest absolute Gasteiger partial charge is 0.447 e. The average Bonchev–Trinajstić information content (AvgIpc) is 2.01. The van der Waals surface area contributed by atoms with Crippen molar-refractivity contribution in [2.75, 3.05) is 19.8 Å². The molecule has 4 nitrogen and oxygen atoms in total. The molecule has 6 heteroatoms. The maximum Gasteiger partial charge on any atom is 0.407 e. The molecule has 0 saturated carbocycles. The number of hydrogen-bond donors (Lipinski definition) is 1. The second-order valence-electron chi connectivity index (χ2n) is 2.85. The molecule has 0 aliphatic carbocycles. The highest BCUT2D eigenvalue weighted by molar-refractivity contribution is 5.67. The second kappa shape index (κ2) is 7.49. The molecule has 84 valence electrons. The number of ether oxygens (including phenoxy) is 2. The molecule has 1 amide bonds. The van der Waals surface area contributed by atoms with E-state index >= 15 is 0 Å². The van der Waals surface area contributed by atoms with Crippen LogP contribution in [-0.4, -0.2) is 38.4 Å². The highest BCUT2D eigenvalue weighted by Crippen LogP contribution is 1.91. The number of nitrogens with one attached hydrogen (secondary N) is 1. The van der Waals surface area contributed by atoms with Crippen molar-refractivity contribution in [1.82, 2.24) is 5.32 Å². The summed E-state index contributed by atoms with van der Waals surface area (Å²) in [7, 11) is 0. The van der Waals surface area contributed by atoms with E-state index in [9.17, 15) is 13.6 Å². The van der Waals surface area contributed by atoms with E-state index in [1.54, 1.807) is 13.8 Å². The van der Waals surface area contributed by atoms with Crippen LogP contribution in [0.1, 0.15) is 13.8 Å². The van der Waals surface area contributed by atoms with E-state index in [0.29, 0.717) is 0 Å². The minimum atomic E-state index is -2.47. The maximum absolute atomic E-state index is 11.6. The van der Waals surface area contributed by atoms with E-state index in [-0.39, 0.29) is 19.3 Å². The summed E-state index contributed by atoms with van der Waals surface area (Å²) in [6.45, 7) is 3.04. The first kappa shape index (κ1) is 13.1. The van der Waals surface area contributed by atoms with E-state index in [1.807, 2.05) is 0 Å². The van der Waals surface area contributed by atoms with Crippen LogP contribution < -0.4 is 5.32 Å². The van der Waals surface area contributed by atoms with Gasteiger partial charge in [-0.1, -0.05) is 0 Å². The second-order valence-corrected chi connectivity index (χ2v) is 2.85. The van der Waals surface area contributed by atoms with Crippen LogP contribution in [0.4, 0.5) is 13.6 Å². The summed E-state index contributed by atoms with van der Waals surface area (Å²) in [5.74, 6) is 0. The lowest BCUT2D eigenvalue weighted by molar-refractivity contribution is 0.0183. The van der Waals surface area contributed by atoms with Crippen LogP contribution in [0.15, 0.2) is 0 Å². The molecule has 0 aliphatic heterocycles. The quantitative estimate of drug-likeness (QED) is 0.675. The topological polar surface area (TPSA) is 47.6 Å². The smallest absolute Gasteiger partial charge is 0.407 e. The predicted octanol–water partition coefficient (Wildman–Crippen LogP) is 1.40. The molecular weight excluding hydrogens is 196 g/mol. The number of alkyl carbamates (subject to hydrolysis) is 1. The molecule has 0 aromatic carbocycles. The molecule has 14 heavy (non-hydrogen) atoms. The van der Waals surface area contributed by atoms with E-state index in [0.717, 1.165) is 0 Å². The first-order valence-corrected chi connectivity index (χ1v) is 4.32. The zero-order valence-electron chi connectivity index (χ0n) is 8.26. The molecule has 0 spiro atoms. The van der Waals surface area contributed by atoms with Crippen LogP contribution in [0.3, 0.4) is 0 Å². The van der Waals surface area contributed by atoms with Crippen molar-refractivity contribution in [3.05, 3.63) is 0 Å². The highest BCUT2D eigenvalue weighted by atomic mass is 19.3. The molecular formula is C8H15F2NO3. The Balaban J connectivity index is 3.23. The Hall–Kier alpha value is -0.910. The molecule has 0 fully saturated rings. The SMILES string of the molecule is CC(C)OC(=O)NCCOCC(F)F. The predicted molar refractivity (Wildman–Crippen MR) is 46.4 cm³/mol. The van der Waals surface area contributed by atoms with Gasteiger partial charge in [-0.25, -0.2) is 13.6 Å². The third-order valence-corrected chi connectivity index (χ3v) is 1.10. The fraction of sp³-hybridized carbons (Fsp3) is 0.875. The Bertz CT molecular complexity index is 165. The molecule has 0 rings (SSSR count). The Kier molecular flexibility index (Phi) is 7.00. The molecule has 0 unspecified atom stereocenters. The number of alkyl halides is 2. The van der Waals surface area contributed by atoms with Gasteiger partial charge in [-0.15, -0.1) is 0 Å². The van der Waals surface area contributed by atoms with Gasteiger partial charge in [-0.3, -0.25) is 0 Å². The van der Waals surface area contributed by atoms with Gasteiger partial charge in [0.25, 0.3) is 6.43 Å². The van der Waals surface area contributed by atoms with Gasteiger partial charge in [0.15, 0.2) is 0 Å². The molecule has 0 aliphatic rings. The summed E-state index contributed by atoms with van der Waals surface area (Å²) in [5, 5.41) is 2.36. The number of halogens is 2. The Labute approximate surface area is 81.6 Å². The molecule has 0 bridgehead atoms. The third kappa shape index (κ3) is 9.18. The lowest BCUT2D eigenvalue weighted by Crippen LogP contribution is -2.30. The molecule has 0 saturated heterocycles. The van der Waals surface area contributed by atoms with Crippen molar-refractivity contribution >= 4 is 6.09 Å². The van der Waals surface area contributed by atoms with Crippen LogP contribution in [0.2, 0.25) is 0 Å². The highest BCUT2D eigenvalue weighted by Gasteiger charge is 2.04. The van der Waals surface area contributed by atoms with Gasteiger partial charge < -0.3 is 14.8 Å². The van der Waals surface area contributed by atoms with Crippen molar-refractivity contribution in [2.45, 2.75) is 26.4 Å². The molecule has 0 radical (unpaired) electrons. The van der Waals surface area contributed by atoms with Crippen LogP contribution in [0.25, 0.3) is 0 Å². The van der Waals surface area contributed by atoms with Crippen molar-refractivity contribution in [1.29, 1.82) is 0 Å². The molecule has 0 heterocycles. The van der Waals surface area contributed by atoms with E-state index < -0.39 is 19.1 Å². The summed E-state index contributed by atoms with van der Waals surface area (Å²) < 4.78 is 32.4. The Morgan fingerprint density at radius 3 is 2.57 bits per heavy atom. The van der Waals surface area contributed by atoms with Crippen molar-refractivity contribution in [2.24, 2.45) is 0 Å². The van der Waals surface area contributed by atoms with Gasteiger partial charge in [0.2, 0.25) is 0 Å². The van der Waals surface area contributed by atoms with Gasteiger partial charge >= 0.3 is 6.09 Å². The number of carbonyl (C=O) groups is 1. The standard InChI is InChI=1S/C8H15F2NO3/c1-6(2)14-8(12)11-3-4-13-5-7(9)10/h6-7H,3-5H2,1-2H3,(H,11,12). The van der Waals surface area contributed by atoms with E-state index in [2.05, 4.69) is 10.1 Å². The summed E-state index contributed by atoms with van der Waals surface area (Å²) in [4.78, 5) is 10.8.